The SMILES string of the molecule is CNc1cc(=O)n(-c2ccnc3c2cc(CN2CCC(c4c(F)cc(C(=O)N5CCC(CN6CCN(Cc7ccc8c(c7)n(C)c(=O)n8[C@@H]7CCC(=O)NC7=O)CC6)CC5)cc4F)CC2)n3C)cc1F. The highest BCUT2D eigenvalue weighted by molar-refractivity contribution is 6.00. The molecule has 368 valence electrons. The van der Waals surface area contributed by atoms with E-state index in [-0.39, 0.29) is 52.2 Å². The summed E-state index contributed by atoms with van der Waals surface area (Å²) in [6.07, 6.45) is 5.94. The van der Waals surface area contributed by atoms with Gasteiger partial charge in [0.05, 0.1) is 28.6 Å². The van der Waals surface area contributed by atoms with Crippen molar-refractivity contribution in [1.82, 2.24) is 48.2 Å². The Labute approximate surface area is 402 Å². The molecule has 8 heterocycles. The zero-order chi connectivity index (χ0) is 49.0. The number of carbonyl (C=O) groups excluding carboxylic acids is 3. The van der Waals surface area contributed by atoms with E-state index in [0.29, 0.717) is 80.1 Å². The van der Waals surface area contributed by atoms with Crippen molar-refractivity contribution >= 4 is 45.5 Å². The molecular formula is C51H58F3N11O5. The minimum Gasteiger partial charge on any atom is -0.386 e. The van der Waals surface area contributed by atoms with E-state index in [9.17, 15) is 28.4 Å². The van der Waals surface area contributed by atoms with Crippen LogP contribution in [0.2, 0.25) is 0 Å². The maximum Gasteiger partial charge on any atom is 0.329 e. The number of aromatic nitrogens is 5. The molecule has 2 N–H and O–H groups in total. The molecule has 0 unspecified atom stereocenters. The van der Waals surface area contributed by atoms with Crippen LogP contribution in [0.4, 0.5) is 18.9 Å². The summed E-state index contributed by atoms with van der Waals surface area (Å²) in [6.45, 7) is 8.01. The molecule has 0 aliphatic carbocycles. The number of piperidine rings is 3. The number of benzene rings is 2. The molecule has 4 aliphatic rings. The first-order valence-corrected chi connectivity index (χ1v) is 24.3. The lowest BCUT2D eigenvalue weighted by Crippen LogP contribution is -2.48. The molecule has 4 fully saturated rings. The number of aryl methyl sites for hydroxylation is 2. The van der Waals surface area contributed by atoms with Crippen molar-refractivity contribution in [2.75, 3.05) is 71.3 Å². The average Bonchev–Trinajstić information content (AvgIpc) is 3.80. The molecule has 0 radical (unpaired) electrons. The molecule has 10 rings (SSSR count). The Hall–Kier alpha value is -6.57. The number of nitrogens with zero attached hydrogens (tertiary/aromatic N) is 9. The van der Waals surface area contributed by atoms with Crippen molar-refractivity contribution in [2.24, 2.45) is 20.0 Å². The van der Waals surface area contributed by atoms with Gasteiger partial charge in [0.25, 0.3) is 11.5 Å². The van der Waals surface area contributed by atoms with E-state index >= 15 is 8.78 Å². The summed E-state index contributed by atoms with van der Waals surface area (Å²) in [6, 6.07) is 12.5. The van der Waals surface area contributed by atoms with Crippen LogP contribution in [0, 0.1) is 23.4 Å². The highest BCUT2D eigenvalue weighted by Gasteiger charge is 2.33. The van der Waals surface area contributed by atoms with Crippen molar-refractivity contribution in [3.8, 4) is 5.69 Å². The second-order valence-corrected chi connectivity index (χ2v) is 19.5. The first kappa shape index (κ1) is 47.1. The first-order valence-electron chi connectivity index (χ1n) is 24.3. The normalized spacial score (nSPS) is 19.4. The lowest BCUT2D eigenvalue weighted by molar-refractivity contribution is -0.135. The molecule has 3 amide bonds. The third-order valence-electron chi connectivity index (χ3n) is 15.2. The van der Waals surface area contributed by atoms with Crippen LogP contribution in [0.1, 0.15) is 77.7 Å². The van der Waals surface area contributed by atoms with E-state index in [4.69, 9.17) is 0 Å². The van der Waals surface area contributed by atoms with Gasteiger partial charge in [0.1, 0.15) is 23.3 Å². The van der Waals surface area contributed by atoms with E-state index in [1.54, 1.807) is 35.8 Å². The first-order chi connectivity index (χ1) is 33.7. The van der Waals surface area contributed by atoms with Gasteiger partial charge in [0.2, 0.25) is 11.8 Å². The van der Waals surface area contributed by atoms with Gasteiger partial charge in [0.15, 0.2) is 5.82 Å². The zero-order valence-corrected chi connectivity index (χ0v) is 39.7. The van der Waals surface area contributed by atoms with Crippen molar-refractivity contribution < 1.29 is 27.6 Å². The second-order valence-electron chi connectivity index (χ2n) is 19.5. The number of pyridine rings is 2. The largest absolute Gasteiger partial charge is 0.386 e. The van der Waals surface area contributed by atoms with Crippen molar-refractivity contribution in [2.45, 2.75) is 63.6 Å². The number of amides is 3. The smallest absolute Gasteiger partial charge is 0.329 e. The molecular weight excluding hydrogens is 904 g/mol. The number of nitrogens with one attached hydrogen (secondary N) is 2. The van der Waals surface area contributed by atoms with E-state index in [0.717, 1.165) is 68.9 Å². The minimum absolute atomic E-state index is 0.0326. The highest BCUT2D eigenvalue weighted by Crippen LogP contribution is 2.35. The second kappa shape index (κ2) is 19.3. The van der Waals surface area contributed by atoms with Crippen LogP contribution >= 0.6 is 0 Å². The maximum atomic E-state index is 15.8. The van der Waals surface area contributed by atoms with Crippen LogP contribution < -0.4 is 21.9 Å². The molecule has 4 aromatic heterocycles. The van der Waals surface area contributed by atoms with Gasteiger partial charge in [-0.25, -0.2) is 22.9 Å². The fourth-order valence-electron chi connectivity index (χ4n) is 11.2. The van der Waals surface area contributed by atoms with Gasteiger partial charge < -0.3 is 19.7 Å². The predicted molar refractivity (Wildman–Crippen MR) is 258 cm³/mol. The summed E-state index contributed by atoms with van der Waals surface area (Å²) in [4.78, 5) is 77.4. The number of hydrogen-bond donors (Lipinski definition) is 2. The van der Waals surface area contributed by atoms with Crippen LogP contribution in [0.5, 0.6) is 0 Å². The number of imidazole rings is 1. The lowest BCUT2D eigenvalue weighted by atomic mass is 9.87. The number of halogens is 3. The molecule has 0 bridgehead atoms. The van der Waals surface area contributed by atoms with Gasteiger partial charge in [-0.1, -0.05) is 6.07 Å². The van der Waals surface area contributed by atoms with E-state index in [1.165, 1.54) is 33.5 Å². The van der Waals surface area contributed by atoms with Crippen molar-refractivity contribution in [1.29, 1.82) is 0 Å². The molecule has 4 aliphatic heterocycles. The molecule has 1 atom stereocenters. The topological polar surface area (TPSA) is 155 Å². The number of rotatable bonds is 11. The van der Waals surface area contributed by atoms with Gasteiger partial charge in [-0.05, 0) is 99.0 Å². The van der Waals surface area contributed by atoms with E-state index < -0.39 is 29.4 Å². The molecule has 70 heavy (non-hydrogen) atoms. The van der Waals surface area contributed by atoms with Crippen molar-refractivity contribution in [3.05, 3.63) is 122 Å². The summed E-state index contributed by atoms with van der Waals surface area (Å²) >= 11 is 0. The van der Waals surface area contributed by atoms with Crippen LogP contribution in [0.25, 0.3) is 27.8 Å². The molecule has 4 saturated heterocycles. The maximum absolute atomic E-state index is 15.8. The molecule has 2 aromatic carbocycles. The minimum atomic E-state index is -0.720. The Morgan fingerprint density at radius 3 is 2.16 bits per heavy atom. The van der Waals surface area contributed by atoms with Crippen LogP contribution in [0.15, 0.2) is 70.5 Å². The van der Waals surface area contributed by atoms with Gasteiger partial charge in [-0.15, -0.1) is 0 Å². The quantitative estimate of drug-likeness (QED) is 0.172. The number of likely N-dealkylation sites (tertiary alicyclic amines) is 2. The Morgan fingerprint density at radius 1 is 0.757 bits per heavy atom. The van der Waals surface area contributed by atoms with Gasteiger partial charge >= 0.3 is 5.69 Å². The average molecular weight is 962 g/mol. The summed E-state index contributed by atoms with van der Waals surface area (Å²) in [5, 5.41) is 5.75. The van der Waals surface area contributed by atoms with Gasteiger partial charge in [-0.2, -0.15) is 0 Å². The fourth-order valence-corrected chi connectivity index (χ4v) is 11.2. The zero-order valence-electron chi connectivity index (χ0n) is 39.7. The summed E-state index contributed by atoms with van der Waals surface area (Å²) in [5.74, 6) is -2.99. The number of imide groups is 1. The van der Waals surface area contributed by atoms with E-state index in [2.05, 4.69) is 30.3 Å². The molecule has 0 saturated carbocycles. The number of piperazine rings is 1. The Morgan fingerprint density at radius 2 is 1.46 bits per heavy atom. The van der Waals surface area contributed by atoms with Crippen LogP contribution in [-0.2, 0) is 36.8 Å². The Balaban J connectivity index is 0.691. The van der Waals surface area contributed by atoms with Gasteiger partial charge in [-0.3, -0.25) is 48.0 Å². The van der Waals surface area contributed by atoms with Crippen molar-refractivity contribution in [3.63, 3.8) is 0 Å². The molecule has 16 nitrogen and oxygen atoms in total. The summed E-state index contributed by atoms with van der Waals surface area (Å²) in [7, 11) is 5.15. The molecule has 19 heteroatoms. The highest BCUT2D eigenvalue weighted by atomic mass is 19.1. The third kappa shape index (κ3) is 9.05. The van der Waals surface area contributed by atoms with Gasteiger partial charge in [0, 0.05) is 121 Å². The van der Waals surface area contributed by atoms with Crippen LogP contribution in [-0.4, -0.2) is 127 Å². The Kier molecular flexibility index (Phi) is 13.0. The number of carbonyl (C=O) groups is 3. The predicted octanol–water partition coefficient (Wildman–Crippen LogP) is 4.86. The fraction of sp³-hybridized carbons (Fsp3) is 0.451. The Bertz CT molecular complexity index is 3110. The monoisotopic (exact) mass is 961 g/mol. The summed E-state index contributed by atoms with van der Waals surface area (Å²) < 4.78 is 52.7. The standard InChI is InChI=1S/C51H58F3N11O5/c1-55-40-26-46(67)64(30-39(40)54)41-8-13-56-48-36(41)25-35(58(48)2)29-60-14-11-33(12-15-60)47-37(52)23-34(24-38(47)53)50(69)63-16-9-31(10-17-63)27-61-18-20-62(21-19-61)28-32-4-5-42-44(22-32)59(3)51(70)65(42)43-6-7-45(66)57-49(43)68/h4-5,8,13,22-26,30-31,33,43,55H,6-7,9-12,14-21,27-29H2,1-3H3,(H,57,66,68)/t43-/m1/s1. The number of hydrogen-bond acceptors (Lipinski definition) is 10. The number of anilines is 1. The molecule has 6 aromatic rings. The lowest BCUT2D eigenvalue weighted by Gasteiger charge is -2.39. The third-order valence-corrected chi connectivity index (χ3v) is 15.2. The van der Waals surface area contributed by atoms with E-state index in [1.807, 2.05) is 35.9 Å². The number of fused-ring (bicyclic) bond motifs is 2. The molecule has 0 spiro atoms. The van der Waals surface area contributed by atoms with Crippen LogP contribution in [0.3, 0.4) is 0 Å². The summed E-state index contributed by atoms with van der Waals surface area (Å²) in [5.41, 5.74) is 4.10.